The van der Waals surface area contributed by atoms with Gasteiger partial charge in [-0.25, -0.2) is 0 Å². The third-order valence-corrected chi connectivity index (χ3v) is 6.00. The van der Waals surface area contributed by atoms with Crippen molar-refractivity contribution in [1.29, 1.82) is 0 Å². The molecule has 2 fully saturated rings. The molecule has 394 valence electrons. The van der Waals surface area contributed by atoms with E-state index in [1.807, 2.05) is 0 Å². The van der Waals surface area contributed by atoms with Crippen LogP contribution in [0.2, 0.25) is 0 Å². The number of nitrogens with zero attached hydrogens (tertiary/aromatic N) is 6. The molecule has 0 amide bonds. The molecule has 35 heteroatoms. The van der Waals surface area contributed by atoms with E-state index in [1.54, 1.807) is 0 Å². The fourth-order valence-electron chi connectivity index (χ4n) is 3.31. The van der Waals surface area contributed by atoms with Gasteiger partial charge in [-0.1, -0.05) is 0 Å². The van der Waals surface area contributed by atoms with Crippen LogP contribution in [0.3, 0.4) is 0 Å². The number of ketones is 2. The molecule has 2 aliphatic rings. The van der Waals surface area contributed by atoms with Crippen LogP contribution in [0.15, 0.2) is 23.7 Å². The summed E-state index contributed by atoms with van der Waals surface area (Å²) in [6.45, 7) is 20.1. The van der Waals surface area contributed by atoms with Crippen LogP contribution < -0.4 is 0 Å². The normalized spacial score (nSPS) is 20.3. The first-order valence-electron chi connectivity index (χ1n) is 16.5. The summed E-state index contributed by atoms with van der Waals surface area (Å²) in [6, 6.07) is 0. The van der Waals surface area contributed by atoms with Gasteiger partial charge in [-0.05, 0) is 70.0 Å². The van der Waals surface area contributed by atoms with Crippen LogP contribution in [0, 0.1) is 0 Å². The number of allylic oxidation sites excluding steroid dienone is 4. The van der Waals surface area contributed by atoms with E-state index in [2.05, 4.69) is 71.7 Å². The van der Waals surface area contributed by atoms with E-state index >= 15 is 0 Å². The summed E-state index contributed by atoms with van der Waals surface area (Å²) < 4.78 is 178. The quantitative estimate of drug-likeness (QED) is 0.118. The smallest absolute Gasteiger partial charge is 0.412 e. The van der Waals surface area contributed by atoms with E-state index in [4.69, 9.17) is 10.2 Å². The summed E-state index contributed by atoms with van der Waals surface area (Å²) in [5.74, 6) is -0.125. The van der Waals surface area contributed by atoms with Crippen LogP contribution in [0.1, 0.15) is 27.7 Å². The zero-order chi connectivity index (χ0) is 48.9. The summed E-state index contributed by atoms with van der Waals surface area (Å²) in [5.41, 5.74) is 0. The Balaban J connectivity index is -0.0000000776. The Kier molecular flexibility index (Phi) is 37.2. The van der Waals surface area contributed by atoms with Gasteiger partial charge in [0.2, 0.25) is 0 Å². The molecule has 0 aromatic carbocycles. The van der Waals surface area contributed by atoms with Crippen LogP contribution in [0.4, 0.5) is 75.5 Å². The second-order valence-electron chi connectivity index (χ2n) is 13.5. The maximum absolute atomic E-state index is 10.7. The Morgan fingerprint density at radius 1 is 0.365 bits per heavy atom. The minimum Gasteiger partial charge on any atom is -0.412 e. The Morgan fingerprint density at radius 3 is 0.476 bits per heavy atom. The number of hydrogen-bond donors (Lipinski definition) is 2. The van der Waals surface area contributed by atoms with Crippen LogP contribution in [0.5, 0.6) is 0 Å². The molecule has 0 saturated carbocycles. The van der Waals surface area contributed by atoms with Crippen molar-refractivity contribution in [2.24, 2.45) is 0 Å². The van der Waals surface area contributed by atoms with Crippen LogP contribution in [-0.2, 0) is 44.3 Å². The molecule has 63 heavy (non-hydrogen) atoms. The first kappa shape index (κ1) is 82.3. The van der Waals surface area contributed by atoms with E-state index in [0.29, 0.717) is 0 Å². The Hall–Kier alpha value is -0.805. The van der Waals surface area contributed by atoms with Crippen molar-refractivity contribution in [3.8, 4) is 0 Å². The molecule has 0 radical (unpaired) electrons. The first-order chi connectivity index (χ1) is 25.0. The summed E-state index contributed by atoms with van der Waals surface area (Å²) in [6.07, 6.45) is 2.33. The minimum absolute atomic E-state index is 0. The number of likely N-dealkylation sites (N-methyl/N-ethyl adjacent to an activating group) is 6. The molecular formula is C28H62Cr2F18N6O6P3-. The first-order valence-corrected chi connectivity index (χ1v) is 22.6. The molecule has 2 aliphatic heterocycles. The summed E-state index contributed by atoms with van der Waals surface area (Å²) in [5, 5.41) is 16.7. The minimum atomic E-state index is -10.7. The monoisotopic (exact) mass is 1120 g/mol. The van der Waals surface area contributed by atoms with Gasteiger partial charge in [-0.2, -0.15) is 0 Å². The maximum atomic E-state index is 10.0. The van der Waals surface area contributed by atoms with E-state index in [-0.39, 0.29) is 68.8 Å². The van der Waals surface area contributed by atoms with Gasteiger partial charge in [-0.3, -0.25) is 9.59 Å². The number of aliphatic hydroxyl groups is 2. The van der Waals surface area contributed by atoms with E-state index in [9.17, 15) is 85.1 Å². The third-order valence-electron chi connectivity index (χ3n) is 6.00. The van der Waals surface area contributed by atoms with Crippen molar-refractivity contribution >= 4 is 35.0 Å². The molecule has 0 aliphatic carbocycles. The van der Waals surface area contributed by atoms with Gasteiger partial charge in [0, 0.05) is 108 Å². The Bertz CT molecular complexity index is 1100. The second kappa shape index (κ2) is 28.5. The zero-order valence-corrected chi connectivity index (χ0v) is 41.2. The van der Waals surface area contributed by atoms with Crippen molar-refractivity contribution in [3.05, 3.63) is 23.7 Å². The fourth-order valence-corrected chi connectivity index (χ4v) is 3.31. The molecule has 0 spiro atoms. The molecule has 0 bridgehead atoms. The molecule has 12 nitrogen and oxygen atoms in total. The van der Waals surface area contributed by atoms with Gasteiger partial charge >= 0.3 is 116 Å². The Morgan fingerprint density at radius 2 is 0.444 bits per heavy atom. The summed E-state index contributed by atoms with van der Waals surface area (Å²) in [7, 11) is -18.8. The summed E-state index contributed by atoms with van der Waals surface area (Å²) >= 11 is 0. The largest absolute Gasteiger partial charge is 2.00 e. The molecule has 6 N–H and O–H groups in total. The van der Waals surface area contributed by atoms with Crippen molar-refractivity contribution in [3.63, 3.8) is 0 Å². The van der Waals surface area contributed by atoms with Gasteiger partial charge in [0.25, 0.3) is 0 Å². The number of halogens is 18. The predicted octanol–water partition coefficient (Wildman–Crippen LogP) is 10.2. The fraction of sp³-hybridized carbons (Fsp3) is 0.786. The second-order valence-corrected chi connectivity index (χ2v) is 19.2. The molecule has 0 unspecified atom stereocenters. The molecule has 0 aromatic rings. The van der Waals surface area contributed by atoms with E-state index < -0.39 is 23.4 Å². The van der Waals surface area contributed by atoms with Gasteiger partial charge in [-0.15, -0.1) is 0 Å². The number of aliphatic hydroxyl groups excluding tert-OH is 2. The topological polar surface area (TPSA) is 157 Å². The molecule has 2 saturated heterocycles. The standard InChI is InChI=1S/2C9H21N3.2C5H8O2.2Cr.3F6P.2H2O/c2*1-10-4-6-11(2)8-9-12(3)7-5-10;2*1-4(6)3-5(2)7;;;3*1-7(2,3,4,5)6;;/h2*4-9H2,1-3H3;2*3,6H,1-2H3;;;;;;2*1H2/q;;;;;+2;3*-1;;/b;;2*4-3-;;;;;;;. The molecule has 0 aromatic heterocycles. The van der Waals surface area contributed by atoms with E-state index in [1.165, 1.54) is 118 Å². The van der Waals surface area contributed by atoms with Gasteiger partial charge < -0.3 is 50.6 Å². The van der Waals surface area contributed by atoms with Crippen molar-refractivity contribution in [1.82, 2.24) is 29.4 Å². The molecular weight excluding hydrogens is 1060 g/mol. The average molecular weight is 1120 g/mol. The number of rotatable bonds is 2. The molecule has 2 rings (SSSR count). The average Bonchev–Trinajstić information content (AvgIpc) is 3.00. The van der Waals surface area contributed by atoms with Gasteiger partial charge in [0.05, 0.1) is 11.5 Å². The molecule has 0 atom stereocenters. The van der Waals surface area contributed by atoms with Crippen molar-refractivity contribution in [2.45, 2.75) is 27.7 Å². The van der Waals surface area contributed by atoms with Crippen LogP contribution in [-0.4, -0.2) is 183 Å². The number of carbonyl (C=O) groups is 2. The number of carbonyl (C=O) groups excluding carboxylic acids is 2. The van der Waals surface area contributed by atoms with Gasteiger partial charge in [0.1, 0.15) is 0 Å². The summed E-state index contributed by atoms with van der Waals surface area (Å²) in [4.78, 5) is 34.4. The van der Waals surface area contributed by atoms with Crippen LogP contribution in [0.25, 0.3) is 0 Å². The SMILES string of the molecule is CC(=O)/C=C(/C)O.CC(=O)/C=C(/C)O.CN1CCN(C)CCN(C)CC1.CN1CCN(C)CCN(C)CC1.F[P-](F)(F)(F)(F)F.F[P-](F)(F)(F)(F)F.F[P-](F)(F)(F)(F)F.O.O.[Cr+2].[Cr]. The third kappa shape index (κ3) is 155. The van der Waals surface area contributed by atoms with Crippen LogP contribution >= 0.6 is 23.4 Å². The molecule has 2 heterocycles. The van der Waals surface area contributed by atoms with Gasteiger partial charge in [0.15, 0.2) is 11.6 Å². The number of hydrogen-bond acceptors (Lipinski definition) is 10. The van der Waals surface area contributed by atoms with Crippen molar-refractivity contribution < 1.29 is 141 Å². The zero-order valence-electron chi connectivity index (χ0n) is 36.0. The Labute approximate surface area is 376 Å². The maximum Gasteiger partial charge on any atom is 2.00 e. The van der Waals surface area contributed by atoms with E-state index in [0.717, 1.165) is 0 Å². The predicted molar refractivity (Wildman–Crippen MR) is 207 cm³/mol. The van der Waals surface area contributed by atoms with Crippen molar-refractivity contribution in [2.75, 3.05) is 121 Å².